The minimum Gasteiger partial charge on any atom is -0.442 e. The minimum absolute atomic E-state index is 0.130. The summed E-state index contributed by atoms with van der Waals surface area (Å²) in [5.41, 5.74) is 0.662. The zero-order valence-electron chi connectivity index (χ0n) is 14.0. The maximum atomic E-state index is 12.5. The molecule has 0 aliphatic rings. The number of hydrogen-bond acceptors (Lipinski definition) is 6. The molecule has 3 rings (SSSR count). The summed E-state index contributed by atoms with van der Waals surface area (Å²) >= 11 is 0. The molecule has 0 fully saturated rings. The molecule has 0 spiro atoms. The van der Waals surface area contributed by atoms with Crippen LogP contribution < -0.4 is 0 Å². The van der Waals surface area contributed by atoms with Crippen LogP contribution in [0.5, 0.6) is 0 Å². The van der Waals surface area contributed by atoms with Crippen molar-refractivity contribution >= 4 is 22.7 Å². The fourth-order valence-corrected chi connectivity index (χ4v) is 2.38. The van der Waals surface area contributed by atoms with E-state index in [4.69, 9.17) is 4.74 Å². The summed E-state index contributed by atoms with van der Waals surface area (Å²) in [5, 5.41) is 16.0. The van der Waals surface area contributed by atoms with Crippen LogP contribution in [0.15, 0.2) is 42.7 Å². The fourth-order valence-electron chi connectivity index (χ4n) is 2.38. The van der Waals surface area contributed by atoms with Gasteiger partial charge in [0.25, 0.3) is 5.69 Å². The number of carbonyl (C=O) groups excluding carboxylic acids is 1. The van der Waals surface area contributed by atoms with Crippen LogP contribution in [-0.2, 0) is 4.74 Å². The van der Waals surface area contributed by atoms with Gasteiger partial charge in [-0.15, -0.1) is 0 Å². The standard InChI is InChI=1S/C17H16N4O4/c1-17(2,3)25-16(22)20-14-9-12(21(23)24)6-7-13(14)15(19-20)11-5-4-8-18-10-11/h4-10H,1-3H3. The van der Waals surface area contributed by atoms with Crippen molar-refractivity contribution in [3.63, 3.8) is 0 Å². The van der Waals surface area contributed by atoms with Gasteiger partial charge in [0.2, 0.25) is 0 Å². The van der Waals surface area contributed by atoms with Crippen LogP contribution in [0.4, 0.5) is 10.5 Å². The molecule has 0 saturated heterocycles. The molecule has 2 heterocycles. The average Bonchev–Trinajstić information content (AvgIpc) is 2.93. The van der Waals surface area contributed by atoms with E-state index in [-0.39, 0.29) is 5.69 Å². The van der Waals surface area contributed by atoms with E-state index in [1.807, 2.05) is 0 Å². The number of aromatic nitrogens is 3. The summed E-state index contributed by atoms with van der Waals surface area (Å²) in [7, 11) is 0. The Labute approximate surface area is 143 Å². The number of hydrogen-bond donors (Lipinski definition) is 0. The molecule has 1 aromatic carbocycles. The summed E-state index contributed by atoms with van der Waals surface area (Å²) in [6.45, 7) is 5.21. The second kappa shape index (κ2) is 5.97. The Morgan fingerprint density at radius 3 is 2.64 bits per heavy atom. The van der Waals surface area contributed by atoms with Gasteiger partial charge < -0.3 is 4.74 Å². The number of nitrogens with zero attached hydrogens (tertiary/aromatic N) is 4. The van der Waals surface area contributed by atoms with E-state index in [0.717, 1.165) is 4.68 Å². The number of benzene rings is 1. The molecule has 0 radical (unpaired) electrons. The molecule has 0 bridgehead atoms. The SMILES string of the molecule is CC(C)(C)OC(=O)n1nc(-c2cccnc2)c2ccc([N+](=O)[O-])cc21. The lowest BCUT2D eigenvalue weighted by Gasteiger charge is -2.19. The molecule has 25 heavy (non-hydrogen) atoms. The monoisotopic (exact) mass is 340 g/mol. The zero-order valence-corrected chi connectivity index (χ0v) is 14.0. The number of pyridine rings is 1. The van der Waals surface area contributed by atoms with Crippen LogP contribution in [0.25, 0.3) is 22.2 Å². The molecular weight excluding hydrogens is 324 g/mol. The van der Waals surface area contributed by atoms with Crippen molar-refractivity contribution in [2.45, 2.75) is 26.4 Å². The number of nitro benzene ring substituents is 1. The second-order valence-corrected chi connectivity index (χ2v) is 6.44. The van der Waals surface area contributed by atoms with Crippen LogP contribution in [0.2, 0.25) is 0 Å². The minimum atomic E-state index is -0.718. The molecule has 0 saturated carbocycles. The highest BCUT2D eigenvalue weighted by Crippen LogP contribution is 2.30. The van der Waals surface area contributed by atoms with Gasteiger partial charge in [-0.1, -0.05) is 0 Å². The Morgan fingerprint density at radius 2 is 2.04 bits per heavy atom. The molecule has 0 aliphatic heterocycles. The number of rotatable bonds is 2. The Bertz CT molecular complexity index is 958. The Balaban J connectivity index is 2.22. The van der Waals surface area contributed by atoms with E-state index in [2.05, 4.69) is 10.1 Å². The molecule has 0 unspecified atom stereocenters. The van der Waals surface area contributed by atoms with Crippen LogP contribution in [0.1, 0.15) is 20.8 Å². The van der Waals surface area contributed by atoms with Crippen LogP contribution >= 0.6 is 0 Å². The van der Waals surface area contributed by atoms with Crippen molar-refractivity contribution < 1.29 is 14.5 Å². The van der Waals surface area contributed by atoms with Gasteiger partial charge in [0, 0.05) is 35.5 Å². The first kappa shape index (κ1) is 16.6. The van der Waals surface area contributed by atoms with E-state index in [0.29, 0.717) is 22.2 Å². The summed E-state index contributed by atoms with van der Waals surface area (Å²) in [6, 6.07) is 7.81. The number of nitro groups is 1. The van der Waals surface area contributed by atoms with Crippen LogP contribution in [0.3, 0.4) is 0 Å². The van der Waals surface area contributed by atoms with E-state index >= 15 is 0 Å². The quantitative estimate of drug-likeness (QED) is 0.520. The van der Waals surface area contributed by atoms with Crippen molar-refractivity contribution in [3.05, 3.63) is 52.8 Å². The van der Waals surface area contributed by atoms with Gasteiger partial charge in [0.15, 0.2) is 0 Å². The smallest absolute Gasteiger partial charge is 0.435 e. The summed E-state index contributed by atoms with van der Waals surface area (Å²) in [6.07, 6.45) is 2.54. The number of ether oxygens (including phenoxy) is 1. The Kier molecular flexibility index (Phi) is 3.96. The van der Waals surface area contributed by atoms with Crippen molar-refractivity contribution in [2.24, 2.45) is 0 Å². The second-order valence-electron chi connectivity index (χ2n) is 6.44. The first-order chi connectivity index (χ1) is 11.8. The number of fused-ring (bicyclic) bond motifs is 1. The highest BCUT2D eigenvalue weighted by atomic mass is 16.6. The van der Waals surface area contributed by atoms with E-state index < -0.39 is 16.6 Å². The number of non-ortho nitro benzene ring substituents is 1. The maximum Gasteiger partial charge on any atom is 0.435 e. The van der Waals surface area contributed by atoms with Crippen molar-refractivity contribution in [3.8, 4) is 11.3 Å². The highest BCUT2D eigenvalue weighted by Gasteiger charge is 2.24. The highest BCUT2D eigenvalue weighted by molar-refractivity contribution is 5.98. The molecule has 128 valence electrons. The van der Waals surface area contributed by atoms with Gasteiger partial charge in [-0.2, -0.15) is 9.78 Å². The summed E-state index contributed by atoms with van der Waals surface area (Å²) < 4.78 is 6.41. The van der Waals surface area contributed by atoms with Crippen LogP contribution in [-0.4, -0.2) is 31.4 Å². The third kappa shape index (κ3) is 3.32. The van der Waals surface area contributed by atoms with Gasteiger partial charge in [-0.25, -0.2) is 4.79 Å². The largest absolute Gasteiger partial charge is 0.442 e. The first-order valence-electron chi connectivity index (χ1n) is 7.57. The lowest BCUT2D eigenvalue weighted by molar-refractivity contribution is -0.384. The molecule has 8 heteroatoms. The van der Waals surface area contributed by atoms with Gasteiger partial charge in [-0.3, -0.25) is 15.1 Å². The van der Waals surface area contributed by atoms with Crippen molar-refractivity contribution in [1.82, 2.24) is 14.8 Å². The van der Waals surface area contributed by atoms with Crippen LogP contribution in [0, 0.1) is 10.1 Å². The molecule has 0 amide bonds. The predicted molar refractivity (Wildman–Crippen MR) is 91.3 cm³/mol. The van der Waals surface area contributed by atoms with E-state index in [9.17, 15) is 14.9 Å². The molecule has 0 aliphatic carbocycles. The molecule has 2 aromatic heterocycles. The van der Waals surface area contributed by atoms with Crippen molar-refractivity contribution in [2.75, 3.05) is 0 Å². The molecule has 0 atom stereocenters. The van der Waals surface area contributed by atoms with E-state index in [1.165, 1.54) is 12.1 Å². The van der Waals surface area contributed by atoms with Gasteiger partial charge in [-0.05, 0) is 39.0 Å². The van der Waals surface area contributed by atoms with Gasteiger partial charge in [0.1, 0.15) is 11.3 Å². The summed E-state index contributed by atoms with van der Waals surface area (Å²) in [5.74, 6) is 0. The third-order valence-corrected chi connectivity index (χ3v) is 3.38. The fraction of sp³-hybridized carbons (Fsp3) is 0.235. The van der Waals surface area contributed by atoms with Gasteiger partial charge in [0.05, 0.1) is 10.4 Å². The normalized spacial score (nSPS) is 11.5. The van der Waals surface area contributed by atoms with E-state index in [1.54, 1.807) is 51.4 Å². The third-order valence-electron chi connectivity index (χ3n) is 3.38. The maximum absolute atomic E-state index is 12.5. The Morgan fingerprint density at radius 1 is 1.28 bits per heavy atom. The van der Waals surface area contributed by atoms with Crippen molar-refractivity contribution in [1.29, 1.82) is 0 Å². The zero-order chi connectivity index (χ0) is 18.2. The average molecular weight is 340 g/mol. The lowest BCUT2D eigenvalue weighted by Crippen LogP contribution is -2.27. The first-order valence-corrected chi connectivity index (χ1v) is 7.57. The molecule has 0 N–H and O–H groups in total. The lowest BCUT2D eigenvalue weighted by atomic mass is 10.1. The molecular formula is C17H16N4O4. The topological polar surface area (TPSA) is 100 Å². The Hall–Kier alpha value is -3.29. The van der Waals surface area contributed by atoms with Gasteiger partial charge >= 0.3 is 6.09 Å². The molecule has 3 aromatic rings. The summed E-state index contributed by atoms with van der Waals surface area (Å²) in [4.78, 5) is 27.1. The number of carbonyl (C=O) groups is 1. The predicted octanol–water partition coefficient (Wildman–Crippen LogP) is 3.79. The molecule has 8 nitrogen and oxygen atoms in total.